The third-order valence-electron chi connectivity index (χ3n) is 4.64. The molecule has 1 fully saturated rings. The lowest BCUT2D eigenvalue weighted by molar-refractivity contribution is -0.113. The average molecular weight is 409 g/mol. The number of amides is 1. The zero-order chi connectivity index (χ0) is 20.2. The number of hydrogen-bond donors (Lipinski definition) is 1. The third kappa shape index (κ3) is 4.86. The summed E-state index contributed by atoms with van der Waals surface area (Å²) in [5.74, 6) is 1.03. The van der Waals surface area contributed by atoms with Crippen LogP contribution in [-0.2, 0) is 9.53 Å². The fourth-order valence-corrected chi connectivity index (χ4v) is 4.29. The van der Waals surface area contributed by atoms with Gasteiger partial charge in [0.2, 0.25) is 5.91 Å². The van der Waals surface area contributed by atoms with Gasteiger partial charge in [0.25, 0.3) is 0 Å². The van der Waals surface area contributed by atoms with Gasteiger partial charge in [-0.15, -0.1) is 0 Å². The van der Waals surface area contributed by atoms with E-state index in [1.165, 1.54) is 11.8 Å². The first-order valence-corrected chi connectivity index (χ1v) is 10.7. The molecule has 2 heterocycles. The molecule has 29 heavy (non-hydrogen) atoms. The molecule has 150 valence electrons. The molecular weight excluding hydrogens is 384 g/mol. The van der Waals surface area contributed by atoms with Crippen LogP contribution in [0.25, 0.3) is 11.0 Å². The van der Waals surface area contributed by atoms with Crippen LogP contribution in [0.5, 0.6) is 0 Å². The second-order valence-electron chi connectivity index (χ2n) is 7.21. The molecule has 0 bridgehead atoms. The number of nitrogens with one attached hydrogen (secondary N) is 1. The number of morpholine rings is 1. The lowest BCUT2D eigenvalue weighted by Crippen LogP contribution is -2.46. The van der Waals surface area contributed by atoms with E-state index in [1.54, 1.807) is 0 Å². The zero-order valence-corrected chi connectivity index (χ0v) is 17.4. The first-order valence-electron chi connectivity index (χ1n) is 9.73. The van der Waals surface area contributed by atoms with Crippen LogP contribution in [0.2, 0.25) is 0 Å². The fraction of sp³-hybridized carbons (Fsp3) is 0.318. The van der Waals surface area contributed by atoms with Gasteiger partial charge in [0.05, 0.1) is 29.0 Å². The van der Waals surface area contributed by atoms with Crippen molar-refractivity contribution in [2.24, 2.45) is 0 Å². The Labute approximate surface area is 174 Å². The Kier molecular flexibility index (Phi) is 5.97. The number of hydrogen-bond acceptors (Lipinski definition) is 6. The Morgan fingerprint density at radius 2 is 1.66 bits per heavy atom. The second kappa shape index (κ2) is 8.80. The number of fused-ring (bicyclic) bond motifs is 1. The number of aromatic nitrogens is 2. The summed E-state index contributed by atoms with van der Waals surface area (Å²) >= 11 is 1.42. The Morgan fingerprint density at radius 1 is 1.03 bits per heavy atom. The molecule has 7 heteroatoms. The van der Waals surface area contributed by atoms with Gasteiger partial charge in [0.1, 0.15) is 5.03 Å². The highest BCUT2D eigenvalue weighted by Gasteiger charge is 2.26. The van der Waals surface area contributed by atoms with E-state index in [0.717, 1.165) is 40.7 Å². The van der Waals surface area contributed by atoms with Crippen LogP contribution in [0.4, 0.5) is 11.5 Å². The zero-order valence-electron chi connectivity index (χ0n) is 16.5. The monoisotopic (exact) mass is 408 g/mol. The van der Waals surface area contributed by atoms with Crippen LogP contribution in [-0.4, -0.2) is 46.9 Å². The predicted molar refractivity (Wildman–Crippen MR) is 118 cm³/mol. The van der Waals surface area contributed by atoms with Crippen LogP contribution in [0.15, 0.2) is 59.6 Å². The normalized spacial score (nSPS) is 19.3. The third-order valence-corrected chi connectivity index (χ3v) is 5.59. The maximum atomic E-state index is 12.4. The van der Waals surface area contributed by atoms with E-state index in [2.05, 4.69) is 24.1 Å². The van der Waals surface area contributed by atoms with Crippen LogP contribution >= 0.6 is 11.8 Å². The number of carbonyl (C=O) groups is 1. The highest BCUT2D eigenvalue weighted by molar-refractivity contribution is 8.00. The molecule has 0 unspecified atom stereocenters. The number of nitrogens with zero attached hydrogens (tertiary/aromatic N) is 3. The first kappa shape index (κ1) is 19.7. The molecule has 0 aliphatic carbocycles. The Hall–Kier alpha value is -2.64. The Balaban J connectivity index is 1.57. The van der Waals surface area contributed by atoms with Gasteiger partial charge < -0.3 is 15.0 Å². The molecule has 1 amide bonds. The summed E-state index contributed by atoms with van der Waals surface area (Å²) in [6, 6.07) is 17.3. The minimum absolute atomic E-state index is 0.0641. The molecular formula is C22H24N4O2S. The SMILES string of the molecule is C[C@@H]1CN(c2nc3ccccc3nc2SCC(=O)Nc2ccccc2)C[C@H](C)O1. The summed E-state index contributed by atoms with van der Waals surface area (Å²) in [5, 5.41) is 3.69. The largest absolute Gasteiger partial charge is 0.372 e. The summed E-state index contributed by atoms with van der Waals surface area (Å²) in [7, 11) is 0. The van der Waals surface area contributed by atoms with Crippen molar-refractivity contribution in [3.05, 3.63) is 54.6 Å². The summed E-state index contributed by atoms with van der Waals surface area (Å²) in [4.78, 5) is 24.3. The topological polar surface area (TPSA) is 67.4 Å². The highest BCUT2D eigenvalue weighted by Crippen LogP contribution is 2.31. The fourth-order valence-electron chi connectivity index (χ4n) is 3.48. The molecule has 2 aromatic carbocycles. The van der Waals surface area contributed by atoms with E-state index in [0.29, 0.717) is 0 Å². The molecule has 1 aromatic heterocycles. The molecule has 0 spiro atoms. The molecule has 0 radical (unpaired) electrons. The van der Waals surface area contributed by atoms with Crippen molar-refractivity contribution < 1.29 is 9.53 Å². The number of carbonyl (C=O) groups excluding carboxylic acids is 1. The van der Waals surface area contributed by atoms with Crippen molar-refractivity contribution >= 4 is 40.2 Å². The van der Waals surface area contributed by atoms with E-state index in [9.17, 15) is 4.79 Å². The summed E-state index contributed by atoms with van der Waals surface area (Å²) in [6.07, 6.45) is 0.234. The molecule has 2 atom stereocenters. The standard InChI is InChI=1S/C22H24N4O2S/c1-15-12-26(13-16(2)28-15)21-22(25-19-11-7-6-10-18(19)24-21)29-14-20(27)23-17-8-4-3-5-9-17/h3-11,15-16H,12-14H2,1-2H3,(H,23,27)/t15-,16+. The van der Waals surface area contributed by atoms with Gasteiger partial charge in [-0.05, 0) is 38.1 Å². The van der Waals surface area contributed by atoms with Gasteiger partial charge in [-0.1, -0.05) is 42.1 Å². The number of para-hydroxylation sites is 3. The Morgan fingerprint density at radius 3 is 2.34 bits per heavy atom. The average Bonchev–Trinajstić information content (AvgIpc) is 2.71. The van der Waals surface area contributed by atoms with Gasteiger partial charge >= 0.3 is 0 Å². The van der Waals surface area contributed by atoms with E-state index >= 15 is 0 Å². The minimum Gasteiger partial charge on any atom is -0.372 e. The molecule has 0 saturated carbocycles. The van der Waals surface area contributed by atoms with Crippen molar-refractivity contribution in [2.75, 3.05) is 29.1 Å². The molecule has 1 aliphatic heterocycles. The van der Waals surface area contributed by atoms with Crippen molar-refractivity contribution in [1.82, 2.24) is 9.97 Å². The van der Waals surface area contributed by atoms with E-state index in [1.807, 2.05) is 54.6 Å². The number of ether oxygens (including phenoxy) is 1. The number of thioether (sulfide) groups is 1. The lowest BCUT2D eigenvalue weighted by Gasteiger charge is -2.36. The number of anilines is 2. The second-order valence-corrected chi connectivity index (χ2v) is 8.17. The van der Waals surface area contributed by atoms with Gasteiger partial charge in [-0.3, -0.25) is 4.79 Å². The Bertz CT molecular complexity index is 989. The molecule has 1 N–H and O–H groups in total. The van der Waals surface area contributed by atoms with Crippen LogP contribution in [0.3, 0.4) is 0 Å². The van der Waals surface area contributed by atoms with Gasteiger partial charge in [-0.2, -0.15) is 0 Å². The molecule has 1 saturated heterocycles. The minimum atomic E-state index is -0.0641. The summed E-state index contributed by atoms with van der Waals surface area (Å²) in [6.45, 7) is 5.64. The summed E-state index contributed by atoms with van der Waals surface area (Å²) < 4.78 is 5.87. The molecule has 3 aromatic rings. The quantitative estimate of drug-likeness (QED) is 0.644. The number of benzene rings is 2. The summed E-state index contributed by atoms with van der Waals surface area (Å²) in [5.41, 5.74) is 2.47. The van der Waals surface area contributed by atoms with Crippen LogP contribution < -0.4 is 10.2 Å². The first-order chi connectivity index (χ1) is 14.1. The van der Waals surface area contributed by atoms with Crippen molar-refractivity contribution in [3.63, 3.8) is 0 Å². The van der Waals surface area contributed by atoms with Crippen LogP contribution in [0, 0.1) is 0 Å². The van der Waals surface area contributed by atoms with Crippen LogP contribution in [0.1, 0.15) is 13.8 Å². The smallest absolute Gasteiger partial charge is 0.234 e. The number of rotatable bonds is 5. The van der Waals surface area contributed by atoms with Crippen molar-refractivity contribution in [2.45, 2.75) is 31.1 Å². The van der Waals surface area contributed by atoms with Gasteiger partial charge in [-0.25, -0.2) is 9.97 Å². The molecule has 6 nitrogen and oxygen atoms in total. The predicted octanol–water partition coefficient (Wildman–Crippen LogP) is 3.97. The van der Waals surface area contributed by atoms with Crippen molar-refractivity contribution in [3.8, 4) is 0 Å². The molecule has 4 rings (SSSR count). The van der Waals surface area contributed by atoms with Crippen molar-refractivity contribution in [1.29, 1.82) is 0 Å². The molecule has 1 aliphatic rings. The van der Waals surface area contributed by atoms with E-state index in [-0.39, 0.29) is 23.9 Å². The maximum Gasteiger partial charge on any atom is 0.234 e. The van der Waals surface area contributed by atoms with Gasteiger partial charge in [0, 0.05) is 18.8 Å². The lowest BCUT2D eigenvalue weighted by atomic mass is 10.2. The van der Waals surface area contributed by atoms with E-state index in [4.69, 9.17) is 14.7 Å². The van der Waals surface area contributed by atoms with Gasteiger partial charge in [0.15, 0.2) is 5.82 Å². The maximum absolute atomic E-state index is 12.4. The highest BCUT2D eigenvalue weighted by atomic mass is 32.2. The van der Waals surface area contributed by atoms with E-state index < -0.39 is 0 Å².